The number of piperidine rings is 1. The Labute approximate surface area is 138 Å². The quantitative estimate of drug-likeness (QED) is 0.920. The number of rotatable bonds is 5. The molecule has 1 aromatic carbocycles. The van der Waals surface area contributed by atoms with Gasteiger partial charge in [-0.25, -0.2) is 4.98 Å². The molecule has 1 aliphatic rings. The van der Waals surface area contributed by atoms with Crippen molar-refractivity contribution in [1.29, 1.82) is 0 Å². The molecule has 0 aliphatic carbocycles. The summed E-state index contributed by atoms with van der Waals surface area (Å²) in [5.41, 5.74) is 3.53. The van der Waals surface area contributed by atoms with Crippen molar-refractivity contribution < 1.29 is 5.11 Å². The van der Waals surface area contributed by atoms with Crippen LogP contribution in [0.25, 0.3) is 0 Å². The molecule has 0 spiro atoms. The number of aromatic nitrogens is 3. The zero-order valence-electron chi connectivity index (χ0n) is 14.0. The zero-order valence-corrected chi connectivity index (χ0v) is 14.0. The average Bonchev–Trinajstić information content (AvgIpc) is 3.03. The van der Waals surface area contributed by atoms with Crippen molar-refractivity contribution in [3.63, 3.8) is 0 Å². The van der Waals surface area contributed by atoms with E-state index in [1.54, 1.807) is 12.7 Å². The van der Waals surface area contributed by atoms with Crippen LogP contribution in [0, 0.1) is 19.8 Å². The minimum atomic E-state index is -0.417. The molecule has 124 valence electrons. The van der Waals surface area contributed by atoms with E-state index in [0.29, 0.717) is 12.5 Å². The number of nitrogens with zero attached hydrogens (tertiary/aromatic N) is 4. The summed E-state index contributed by atoms with van der Waals surface area (Å²) in [4.78, 5) is 6.39. The SMILES string of the molecule is Cc1ccc([C@@H](O)CN2CCC[C@H](Cn3cncn3)C2)cc1C. The molecule has 5 heteroatoms. The summed E-state index contributed by atoms with van der Waals surface area (Å²) in [6.07, 6.45) is 5.35. The van der Waals surface area contributed by atoms with Gasteiger partial charge in [0.25, 0.3) is 0 Å². The van der Waals surface area contributed by atoms with E-state index in [1.807, 2.05) is 10.7 Å². The highest BCUT2D eigenvalue weighted by Gasteiger charge is 2.23. The Morgan fingerprint density at radius 1 is 1.30 bits per heavy atom. The van der Waals surface area contributed by atoms with Crippen LogP contribution in [0.1, 0.15) is 35.6 Å². The number of hydrogen-bond acceptors (Lipinski definition) is 4. The molecule has 0 radical (unpaired) electrons. The second kappa shape index (κ2) is 7.23. The molecular weight excluding hydrogens is 288 g/mol. The van der Waals surface area contributed by atoms with Crippen molar-refractivity contribution in [2.24, 2.45) is 5.92 Å². The molecule has 2 heterocycles. The first kappa shape index (κ1) is 16.1. The Morgan fingerprint density at radius 3 is 2.91 bits per heavy atom. The Balaban J connectivity index is 1.57. The Morgan fingerprint density at radius 2 is 2.17 bits per heavy atom. The number of hydrogen-bond donors (Lipinski definition) is 1. The predicted molar refractivity (Wildman–Crippen MR) is 90.1 cm³/mol. The summed E-state index contributed by atoms with van der Waals surface area (Å²) in [6, 6.07) is 6.25. The highest BCUT2D eigenvalue weighted by atomic mass is 16.3. The lowest BCUT2D eigenvalue weighted by molar-refractivity contribution is 0.0799. The minimum Gasteiger partial charge on any atom is -0.387 e. The van der Waals surface area contributed by atoms with Crippen molar-refractivity contribution in [3.05, 3.63) is 47.5 Å². The molecule has 0 unspecified atom stereocenters. The number of aryl methyl sites for hydroxylation is 2. The Kier molecular flexibility index (Phi) is 5.08. The van der Waals surface area contributed by atoms with E-state index in [9.17, 15) is 5.11 Å². The molecule has 1 saturated heterocycles. The van der Waals surface area contributed by atoms with Crippen LogP contribution in [0.5, 0.6) is 0 Å². The fourth-order valence-corrected chi connectivity index (χ4v) is 3.38. The molecule has 5 nitrogen and oxygen atoms in total. The molecule has 1 aromatic heterocycles. The molecule has 1 aliphatic heterocycles. The number of β-amino-alcohol motifs (C(OH)–C–C–N with tert-alkyl or cyclic N) is 1. The summed E-state index contributed by atoms with van der Waals surface area (Å²) < 4.78 is 1.91. The number of likely N-dealkylation sites (tertiary alicyclic amines) is 1. The van der Waals surface area contributed by atoms with Crippen LogP contribution >= 0.6 is 0 Å². The van der Waals surface area contributed by atoms with Gasteiger partial charge in [-0.15, -0.1) is 0 Å². The van der Waals surface area contributed by atoms with Gasteiger partial charge < -0.3 is 10.0 Å². The van der Waals surface area contributed by atoms with Crippen LogP contribution in [0.15, 0.2) is 30.9 Å². The first-order valence-electron chi connectivity index (χ1n) is 8.42. The molecule has 23 heavy (non-hydrogen) atoms. The maximum atomic E-state index is 10.6. The van der Waals surface area contributed by atoms with E-state index in [2.05, 4.69) is 41.0 Å². The smallest absolute Gasteiger partial charge is 0.137 e. The molecule has 1 fully saturated rings. The minimum absolute atomic E-state index is 0.417. The van der Waals surface area contributed by atoms with Crippen molar-refractivity contribution in [3.8, 4) is 0 Å². The van der Waals surface area contributed by atoms with Crippen molar-refractivity contribution in [2.75, 3.05) is 19.6 Å². The van der Waals surface area contributed by atoms with Gasteiger partial charge in [-0.3, -0.25) is 4.68 Å². The maximum Gasteiger partial charge on any atom is 0.137 e. The highest BCUT2D eigenvalue weighted by molar-refractivity contribution is 5.31. The lowest BCUT2D eigenvalue weighted by Gasteiger charge is -2.34. The average molecular weight is 314 g/mol. The van der Waals surface area contributed by atoms with Gasteiger partial charge in [0.2, 0.25) is 0 Å². The van der Waals surface area contributed by atoms with Gasteiger partial charge in [0, 0.05) is 19.6 Å². The lowest BCUT2D eigenvalue weighted by Crippen LogP contribution is -2.39. The van der Waals surface area contributed by atoms with Crippen molar-refractivity contribution in [1.82, 2.24) is 19.7 Å². The largest absolute Gasteiger partial charge is 0.387 e. The zero-order chi connectivity index (χ0) is 16.2. The van der Waals surface area contributed by atoms with E-state index < -0.39 is 6.10 Å². The fourth-order valence-electron chi connectivity index (χ4n) is 3.38. The van der Waals surface area contributed by atoms with Gasteiger partial charge in [0.1, 0.15) is 12.7 Å². The third-order valence-electron chi connectivity index (χ3n) is 4.86. The number of benzene rings is 1. The molecule has 2 aromatic rings. The summed E-state index contributed by atoms with van der Waals surface area (Å²) in [6.45, 7) is 7.90. The summed E-state index contributed by atoms with van der Waals surface area (Å²) in [7, 11) is 0. The summed E-state index contributed by atoms with van der Waals surface area (Å²) in [5.74, 6) is 0.581. The highest BCUT2D eigenvalue weighted by Crippen LogP contribution is 2.22. The predicted octanol–water partition coefficient (Wildman–Crippen LogP) is 2.34. The third kappa shape index (κ3) is 4.18. The topological polar surface area (TPSA) is 54.2 Å². The number of aliphatic hydroxyl groups is 1. The molecule has 3 rings (SSSR count). The summed E-state index contributed by atoms with van der Waals surface area (Å²) >= 11 is 0. The molecular formula is C18H26N4O. The first-order valence-corrected chi connectivity index (χ1v) is 8.42. The molecule has 0 saturated carbocycles. The summed E-state index contributed by atoms with van der Waals surface area (Å²) in [5, 5.41) is 14.8. The van der Waals surface area contributed by atoms with Gasteiger partial charge in [-0.1, -0.05) is 18.2 Å². The van der Waals surface area contributed by atoms with Crippen molar-refractivity contribution >= 4 is 0 Å². The van der Waals surface area contributed by atoms with E-state index in [1.165, 1.54) is 24.0 Å². The standard InChI is InChI=1S/C18H26N4O/c1-14-5-6-17(8-15(14)2)18(23)11-21-7-3-4-16(9-21)10-22-13-19-12-20-22/h5-6,8,12-13,16,18,23H,3-4,7,9-11H2,1-2H3/t16-,18-/m0/s1. The van der Waals surface area contributed by atoms with E-state index >= 15 is 0 Å². The van der Waals surface area contributed by atoms with E-state index in [-0.39, 0.29) is 0 Å². The molecule has 1 N–H and O–H groups in total. The monoisotopic (exact) mass is 314 g/mol. The molecule has 0 bridgehead atoms. The van der Waals surface area contributed by atoms with Crippen LogP contribution in [-0.2, 0) is 6.54 Å². The fraction of sp³-hybridized carbons (Fsp3) is 0.556. The normalized spacial score (nSPS) is 20.6. The van der Waals surface area contributed by atoms with Gasteiger partial charge in [0.15, 0.2) is 0 Å². The molecule has 2 atom stereocenters. The van der Waals surface area contributed by atoms with Crippen LogP contribution in [0.2, 0.25) is 0 Å². The first-order chi connectivity index (χ1) is 11.1. The van der Waals surface area contributed by atoms with Crippen LogP contribution < -0.4 is 0 Å². The van der Waals surface area contributed by atoms with Gasteiger partial charge in [-0.05, 0) is 55.8 Å². The van der Waals surface area contributed by atoms with E-state index in [4.69, 9.17) is 0 Å². The van der Waals surface area contributed by atoms with Crippen LogP contribution in [-0.4, -0.2) is 44.4 Å². The van der Waals surface area contributed by atoms with Gasteiger partial charge in [0.05, 0.1) is 6.10 Å². The van der Waals surface area contributed by atoms with Crippen molar-refractivity contribution in [2.45, 2.75) is 39.3 Å². The van der Waals surface area contributed by atoms with Crippen LogP contribution in [0.4, 0.5) is 0 Å². The second-order valence-electron chi connectivity index (χ2n) is 6.74. The van der Waals surface area contributed by atoms with Gasteiger partial charge >= 0.3 is 0 Å². The lowest BCUT2D eigenvalue weighted by atomic mass is 9.96. The Bertz CT molecular complexity index is 626. The third-order valence-corrected chi connectivity index (χ3v) is 4.86. The number of aliphatic hydroxyl groups excluding tert-OH is 1. The Hall–Kier alpha value is -1.72. The maximum absolute atomic E-state index is 10.6. The van der Waals surface area contributed by atoms with Crippen LogP contribution in [0.3, 0.4) is 0 Å². The second-order valence-corrected chi connectivity index (χ2v) is 6.74. The van der Waals surface area contributed by atoms with Gasteiger partial charge in [-0.2, -0.15) is 5.10 Å². The molecule has 0 amide bonds. The van der Waals surface area contributed by atoms with E-state index in [0.717, 1.165) is 25.2 Å².